The Morgan fingerprint density at radius 2 is 2.12 bits per heavy atom. The van der Waals surface area contributed by atoms with E-state index in [1.165, 1.54) is 24.3 Å². The smallest absolute Gasteiger partial charge is 0.404 e. The molecule has 0 aromatic heterocycles. The van der Waals surface area contributed by atoms with Crippen molar-refractivity contribution in [3.8, 4) is 0 Å². The van der Waals surface area contributed by atoms with E-state index in [9.17, 15) is 18.0 Å². The summed E-state index contributed by atoms with van der Waals surface area (Å²) in [5.74, 6) is -0.324. The molecule has 0 spiro atoms. The Balaban J connectivity index is 2.05. The minimum atomic E-state index is -3.49. The topological polar surface area (TPSA) is 110 Å². The Bertz CT molecular complexity index is 694. The van der Waals surface area contributed by atoms with Crippen LogP contribution in [0.25, 0.3) is 0 Å². The van der Waals surface area contributed by atoms with Gasteiger partial charge in [0.1, 0.15) is 0 Å². The summed E-state index contributed by atoms with van der Waals surface area (Å²) in [5.41, 5.74) is 0.267. The molecule has 1 aliphatic heterocycles. The van der Waals surface area contributed by atoms with Crippen molar-refractivity contribution in [2.24, 2.45) is 5.92 Å². The van der Waals surface area contributed by atoms with Crippen LogP contribution in [0.1, 0.15) is 29.6 Å². The minimum absolute atomic E-state index is 0.00517. The third-order valence-electron chi connectivity index (χ3n) is 3.85. The molecule has 24 heavy (non-hydrogen) atoms. The maximum absolute atomic E-state index is 12.5. The molecule has 1 aromatic carbocycles. The van der Waals surface area contributed by atoms with Gasteiger partial charge in [-0.15, -0.1) is 0 Å². The lowest BCUT2D eigenvalue weighted by atomic mass is 10.1. The zero-order chi connectivity index (χ0) is 17.6. The maximum atomic E-state index is 12.5. The number of carbonyl (C=O) groups is 2. The Hall–Kier alpha value is -1.93. The third kappa shape index (κ3) is 5.31. The average Bonchev–Trinajstić information content (AvgIpc) is 2.55. The molecule has 1 amide bonds. The first kappa shape index (κ1) is 18.4. The molecule has 0 aliphatic carbocycles. The number of sulfone groups is 1. The van der Waals surface area contributed by atoms with E-state index in [1.54, 1.807) is 0 Å². The van der Waals surface area contributed by atoms with Crippen LogP contribution in [-0.4, -0.2) is 50.9 Å². The number of nitrogens with one attached hydrogen (secondary N) is 1. The zero-order valence-corrected chi connectivity index (χ0v) is 14.0. The molecule has 2 rings (SSSR count). The molecule has 2 N–H and O–H groups in total. The van der Waals surface area contributed by atoms with Crippen molar-refractivity contribution in [3.05, 3.63) is 29.8 Å². The molecular weight excluding hydrogens is 334 g/mol. The van der Waals surface area contributed by atoms with Gasteiger partial charge in [-0.1, -0.05) is 12.1 Å². The van der Waals surface area contributed by atoms with Crippen LogP contribution in [0.3, 0.4) is 0 Å². The monoisotopic (exact) mass is 355 g/mol. The number of rotatable bonds is 7. The summed E-state index contributed by atoms with van der Waals surface area (Å²) >= 11 is 0. The number of amides is 1. The Morgan fingerprint density at radius 3 is 2.79 bits per heavy atom. The van der Waals surface area contributed by atoms with E-state index >= 15 is 0 Å². The van der Waals surface area contributed by atoms with Gasteiger partial charge in [0, 0.05) is 25.1 Å². The Kier molecular flexibility index (Phi) is 6.33. The summed E-state index contributed by atoms with van der Waals surface area (Å²) in [6, 6.07) is 5.90. The van der Waals surface area contributed by atoms with Crippen LogP contribution in [-0.2, 0) is 14.6 Å². The van der Waals surface area contributed by atoms with Gasteiger partial charge in [-0.2, -0.15) is 0 Å². The van der Waals surface area contributed by atoms with E-state index in [0.29, 0.717) is 13.2 Å². The molecule has 1 atom stereocenters. The van der Waals surface area contributed by atoms with E-state index in [1.807, 2.05) is 0 Å². The second-order valence-corrected chi connectivity index (χ2v) is 7.83. The molecule has 0 bridgehead atoms. The highest BCUT2D eigenvalue weighted by atomic mass is 32.2. The van der Waals surface area contributed by atoms with Gasteiger partial charge < -0.3 is 15.2 Å². The molecule has 7 nitrogen and oxygen atoms in total. The molecule has 1 saturated heterocycles. The summed E-state index contributed by atoms with van der Waals surface area (Å²) in [5, 5.41) is 10.6. The second-order valence-electron chi connectivity index (χ2n) is 5.80. The predicted molar refractivity (Wildman–Crippen MR) is 87.0 cm³/mol. The summed E-state index contributed by atoms with van der Waals surface area (Å²) in [7, 11) is -3.49. The van der Waals surface area contributed by atoms with E-state index in [2.05, 4.69) is 5.32 Å². The van der Waals surface area contributed by atoms with Crippen LogP contribution in [0.4, 0.5) is 4.79 Å². The molecule has 0 radical (unpaired) electrons. The Morgan fingerprint density at radius 1 is 1.33 bits per heavy atom. The van der Waals surface area contributed by atoms with Crippen molar-refractivity contribution in [2.75, 3.05) is 25.5 Å². The summed E-state index contributed by atoms with van der Waals surface area (Å²) in [6.07, 6.45) is 0.453. The van der Waals surface area contributed by atoms with Gasteiger partial charge in [-0.25, -0.2) is 13.2 Å². The van der Waals surface area contributed by atoms with Gasteiger partial charge in [0.25, 0.3) is 0 Å². The number of benzene rings is 1. The van der Waals surface area contributed by atoms with Crippen LogP contribution < -0.4 is 5.32 Å². The number of ether oxygens (including phenoxy) is 1. The van der Waals surface area contributed by atoms with Crippen LogP contribution in [0, 0.1) is 5.92 Å². The van der Waals surface area contributed by atoms with E-state index in [4.69, 9.17) is 9.84 Å². The predicted octanol–water partition coefficient (Wildman–Crippen LogP) is 1.73. The SMILES string of the molecule is O=C(O)NCCC(=O)c1cccc(S(=O)(=O)CC2CCCOC2)c1. The van der Waals surface area contributed by atoms with Gasteiger partial charge in [-0.3, -0.25) is 4.79 Å². The quantitative estimate of drug-likeness (QED) is 0.721. The van der Waals surface area contributed by atoms with E-state index in [0.717, 1.165) is 12.8 Å². The van der Waals surface area contributed by atoms with Crippen LogP contribution >= 0.6 is 0 Å². The molecule has 1 aliphatic rings. The number of hydrogen-bond acceptors (Lipinski definition) is 5. The molecule has 132 valence electrons. The highest BCUT2D eigenvalue weighted by Gasteiger charge is 2.24. The fraction of sp³-hybridized carbons (Fsp3) is 0.500. The molecule has 1 heterocycles. The first-order chi connectivity index (χ1) is 11.4. The van der Waals surface area contributed by atoms with Gasteiger partial charge >= 0.3 is 6.09 Å². The van der Waals surface area contributed by atoms with Crippen molar-refractivity contribution in [2.45, 2.75) is 24.2 Å². The van der Waals surface area contributed by atoms with Crippen molar-refractivity contribution in [1.29, 1.82) is 0 Å². The normalized spacial score (nSPS) is 18.1. The lowest BCUT2D eigenvalue weighted by molar-refractivity contribution is 0.0626. The number of Topliss-reactive ketones (excluding diaryl/α,β-unsaturated/α-hetero) is 1. The lowest BCUT2D eigenvalue weighted by Crippen LogP contribution is -2.25. The van der Waals surface area contributed by atoms with Gasteiger partial charge in [0.2, 0.25) is 0 Å². The van der Waals surface area contributed by atoms with Gasteiger partial charge in [-0.05, 0) is 30.9 Å². The van der Waals surface area contributed by atoms with E-state index in [-0.39, 0.29) is 40.9 Å². The summed E-state index contributed by atoms with van der Waals surface area (Å²) in [4.78, 5) is 22.5. The highest BCUT2D eigenvalue weighted by Crippen LogP contribution is 2.21. The van der Waals surface area contributed by atoms with Gasteiger partial charge in [0.15, 0.2) is 15.6 Å². The average molecular weight is 355 g/mol. The molecule has 0 saturated carbocycles. The number of ketones is 1. The fourth-order valence-electron chi connectivity index (χ4n) is 2.64. The van der Waals surface area contributed by atoms with Crippen molar-refractivity contribution in [1.82, 2.24) is 5.32 Å². The highest BCUT2D eigenvalue weighted by molar-refractivity contribution is 7.91. The summed E-state index contributed by atoms with van der Waals surface area (Å²) in [6.45, 7) is 1.11. The van der Waals surface area contributed by atoms with Crippen molar-refractivity contribution >= 4 is 21.7 Å². The number of carboxylic acid groups (broad SMARTS) is 1. The standard InChI is InChI=1S/C16H21NO6S/c18-15(6-7-17-16(19)20)13-4-1-5-14(9-13)24(21,22)11-12-3-2-8-23-10-12/h1,4-5,9,12,17H,2-3,6-8,10-11H2,(H,19,20). The number of hydrogen-bond donors (Lipinski definition) is 2. The molecule has 1 fully saturated rings. The number of carbonyl (C=O) groups excluding carboxylic acids is 1. The third-order valence-corrected chi connectivity index (χ3v) is 5.74. The first-order valence-electron chi connectivity index (χ1n) is 7.79. The maximum Gasteiger partial charge on any atom is 0.404 e. The molecule has 1 aromatic rings. The van der Waals surface area contributed by atoms with Crippen LogP contribution in [0.15, 0.2) is 29.2 Å². The molecule has 8 heteroatoms. The van der Waals surface area contributed by atoms with Crippen molar-refractivity contribution < 1.29 is 27.9 Å². The van der Waals surface area contributed by atoms with Crippen LogP contribution in [0.2, 0.25) is 0 Å². The summed E-state index contributed by atoms with van der Waals surface area (Å²) < 4.78 is 30.4. The van der Waals surface area contributed by atoms with Crippen LogP contribution in [0.5, 0.6) is 0 Å². The van der Waals surface area contributed by atoms with Gasteiger partial charge in [0.05, 0.1) is 17.3 Å². The largest absolute Gasteiger partial charge is 0.465 e. The minimum Gasteiger partial charge on any atom is -0.465 e. The first-order valence-corrected chi connectivity index (χ1v) is 9.44. The molecular formula is C16H21NO6S. The fourth-order valence-corrected chi connectivity index (χ4v) is 4.30. The molecule has 1 unspecified atom stereocenters. The Labute approximate surface area is 140 Å². The second kappa shape index (κ2) is 8.25. The van der Waals surface area contributed by atoms with Crippen molar-refractivity contribution in [3.63, 3.8) is 0 Å². The zero-order valence-electron chi connectivity index (χ0n) is 13.2. The lowest BCUT2D eigenvalue weighted by Gasteiger charge is -2.21. The van der Waals surface area contributed by atoms with E-state index < -0.39 is 15.9 Å².